The standard InChI is InChI=1S/C10H9Cl2F3N2O2/c1-5(4-10(13,14)15)16-9-7(11)2-6(17(18)19)3-8(9)12/h2-3,5,16H,4H2,1H3. The highest BCUT2D eigenvalue weighted by Gasteiger charge is 2.30. The second-order valence-electron chi connectivity index (χ2n) is 3.91. The van der Waals surface area contributed by atoms with Crippen LogP contribution >= 0.6 is 23.2 Å². The smallest absolute Gasteiger partial charge is 0.380 e. The van der Waals surface area contributed by atoms with Crippen LogP contribution in [0, 0.1) is 10.1 Å². The summed E-state index contributed by atoms with van der Waals surface area (Å²) in [5.74, 6) is 0. The van der Waals surface area contributed by atoms with Crippen LogP contribution in [-0.2, 0) is 0 Å². The van der Waals surface area contributed by atoms with Crippen LogP contribution in [0.4, 0.5) is 24.5 Å². The molecule has 1 unspecified atom stereocenters. The highest BCUT2D eigenvalue weighted by Crippen LogP contribution is 2.36. The maximum absolute atomic E-state index is 12.2. The van der Waals surface area contributed by atoms with Gasteiger partial charge in [-0.05, 0) is 6.92 Å². The van der Waals surface area contributed by atoms with E-state index in [0.717, 1.165) is 12.1 Å². The first kappa shape index (κ1) is 15.8. The minimum Gasteiger partial charge on any atom is -0.380 e. The van der Waals surface area contributed by atoms with Gasteiger partial charge in [-0.2, -0.15) is 13.2 Å². The fourth-order valence-electron chi connectivity index (χ4n) is 1.45. The summed E-state index contributed by atoms with van der Waals surface area (Å²) in [6.45, 7) is 1.31. The number of non-ortho nitro benzene ring substituents is 1. The number of halogens is 5. The van der Waals surface area contributed by atoms with E-state index in [0.29, 0.717) is 0 Å². The van der Waals surface area contributed by atoms with Crippen molar-refractivity contribution in [2.45, 2.75) is 25.6 Å². The minimum atomic E-state index is -4.33. The molecule has 1 N–H and O–H groups in total. The second-order valence-corrected chi connectivity index (χ2v) is 4.72. The third kappa shape index (κ3) is 4.76. The molecular formula is C10H9Cl2F3N2O2. The zero-order valence-corrected chi connectivity index (χ0v) is 11.1. The van der Waals surface area contributed by atoms with E-state index in [4.69, 9.17) is 23.2 Å². The first-order chi connectivity index (χ1) is 8.60. The highest BCUT2D eigenvalue weighted by atomic mass is 35.5. The molecule has 1 atom stereocenters. The Bertz CT molecular complexity index is 471. The molecule has 0 radical (unpaired) electrons. The van der Waals surface area contributed by atoms with E-state index in [2.05, 4.69) is 5.32 Å². The summed E-state index contributed by atoms with van der Waals surface area (Å²) in [7, 11) is 0. The summed E-state index contributed by atoms with van der Waals surface area (Å²) >= 11 is 11.5. The topological polar surface area (TPSA) is 55.2 Å². The van der Waals surface area contributed by atoms with E-state index in [-0.39, 0.29) is 21.4 Å². The van der Waals surface area contributed by atoms with Crippen LogP contribution in [-0.4, -0.2) is 17.1 Å². The molecule has 0 aliphatic carbocycles. The van der Waals surface area contributed by atoms with Gasteiger partial charge >= 0.3 is 6.18 Å². The Morgan fingerprint density at radius 3 is 2.21 bits per heavy atom. The number of benzene rings is 1. The summed E-state index contributed by atoms with van der Waals surface area (Å²) in [5, 5.41) is 12.8. The fraction of sp³-hybridized carbons (Fsp3) is 0.400. The summed E-state index contributed by atoms with van der Waals surface area (Å²) < 4.78 is 36.6. The van der Waals surface area contributed by atoms with Crippen LogP contribution in [0.5, 0.6) is 0 Å². The average Bonchev–Trinajstić information content (AvgIpc) is 2.20. The minimum absolute atomic E-state index is 0.0469. The van der Waals surface area contributed by atoms with Crippen molar-refractivity contribution in [3.63, 3.8) is 0 Å². The van der Waals surface area contributed by atoms with Crippen molar-refractivity contribution < 1.29 is 18.1 Å². The molecular weight excluding hydrogens is 308 g/mol. The molecule has 0 bridgehead atoms. The molecule has 1 aromatic rings. The van der Waals surface area contributed by atoms with Crippen LogP contribution in [0.15, 0.2) is 12.1 Å². The Morgan fingerprint density at radius 1 is 1.37 bits per heavy atom. The lowest BCUT2D eigenvalue weighted by Gasteiger charge is -2.18. The Morgan fingerprint density at radius 2 is 1.84 bits per heavy atom. The summed E-state index contributed by atoms with van der Waals surface area (Å²) in [4.78, 5) is 9.85. The number of alkyl halides is 3. The van der Waals surface area contributed by atoms with Crippen LogP contribution < -0.4 is 5.32 Å². The molecule has 0 heterocycles. The zero-order valence-electron chi connectivity index (χ0n) is 9.59. The number of nitrogens with zero attached hydrogens (tertiary/aromatic N) is 1. The number of rotatable bonds is 4. The monoisotopic (exact) mass is 316 g/mol. The molecule has 19 heavy (non-hydrogen) atoms. The molecule has 0 spiro atoms. The van der Waals surface area contributed by atoms with Gasteiger partial charge in [-0.1, -0.05) is 23.2 Å². The van der Waals surface area contributed by atoms with Gasteiger partial charge in [0.25, 0.3) is 5.69 Å². The molecule has 0 aliphatic heterocycles. The highest BCUT2D eigenvalue weighted by molar-refractivity contribution is 6.39. The van der Waals surface area contributed by atoms with Crippen molar-refractivity contribution >= 4 is 34.6 Å². The third-order valence-electron chi connectivity index (χ3n) is 2.17. The summed E-state index contributed by atoms with van der Waals surface area (Å²) in [6, 6.07) is 1.09. The largest absolute Gasteiger partial charge is 0.391 e. The fourth-order valence-corrected chi connectivity index (χ4v) is 2.03. The Hall–Kier alpha value is -1.21. The van der Waals surface area contributed by atoms with Crippen LogP contribution in [0.1, 0.15) is 13.3 Å². The van der Waals surface area contributed by atoms with Gasteiger partial charge in [0, 0.05) is 18.2 Å². The van der Waals surface area contributed by atoms with Crippen molar-refractivity contribution in [1.82, 2.24) is 0 Å². The van der Waals surface area contributed by atoms with E-state index >= 15 is 0 Å². The molecule has 106 valence electrons. The third-order valence-corrected chi connectivity index (χ3v) is 2.76. The number of nitrogens with one attached hydrogen (secondary N) is 1. The molecule has 9 heteroatoms. The van der Waals surface area contributed by atoms with Gasteiger partial charge in [0.15, 0.2) is 0 Å². The van der Waals surface area contributed by atoms with Gasteiger partial charge in [0.2, 0.25) is 0 Å². The van der Waals surface area contributed by atoms with Crippen LogP contribution in [0.3, 0.4) is 0 Å². The lowest BCUT2D eigenvalue weighted by atomic mass is 10.2. The lowest BCUT2D eigenvalue weighted by molar-refractivity contribution is -0.384. The van der Waals surface area contributed by atoms with E-state index in [1.165, 1.54) is 6.92 Å². The van der Waals surface area contributed by atoms with Crippen molar-refractivity contribution in [3.05, 3.63) is 32.3 Å². The van der Waals surface area contributed by atoms with Crippen molar-refractivity contribution in [1.29, 1.82) is 0 Å². The molecule has 0 saturated carbocycles. The Balaban J connectivity index is 2.93. The Labute approximate surface area is 116 Å². The molecule has 1 rings (SSSR count). The van der Waals surface area contributed by atoms with Gasteiger partial charge in [-0.3, -0.25) is 10.1 Å². The van der Waals surface area contributed by atoms with Crippen molar-refractivity contribution in [2.24, 2.45) is 0 Å². The first-order valence-electron chi connectivity index (χ1n) is 5.07. The van der Waals surface area contributed by atoms with Crippen molar-refractivity contribution in [2.75, 3.05) is 5.32 Å². The van der Waals surface area contributed by atoms with E-state index < -0.39 is 23.6 Å². The summed E-state index contributed by atoms with van der Waals surface area (Å²) in [6.07, 6.45) is -5.40. The average molecular weight is 317 g/mol. The van der Waals surface area contributed by atoms with Gasteiger partial charge in [-0.25, -0.2) is 0 Å². The zero-order chi connectivity index (χ0) is 14.8. The van der Waals surface area contributed by atoms with Crippen molar-refractivity contribution in [3.8, 4) is 0 Å². The van der Waals surface area contributed by atoms with Crippen LogP contribution in [0.2, 0.25) is 10.0 Å². The van der Waals surface area contributed by atoms with E-state index in [1.807, 2.05) is 0 Å². The first-order valence-corrected chi connectivity index (χ1v) is 5.82. The number of hydrogen-bond acceptors (Lipinski definition) is 3. The van der Waals surface area contributed by atoms with E-state index in [9.17, 15) is 23.3 Å². The van der Waals surface area contributed by atoms with Gasteiger partial charge in [0.05, 0.1) is 27.1 Å². The van der Waals surface area contributed by atoms with Gasteiger partial charge < -0.3 is 5.32 Å². The second kappa shape index (κ2) is 5.83. The SMILES string of the molecule is CC(CC(F)(F)F)Nc1c(Cl)cc([N+](=O)[O-])cc1Cl. The lowest BCUT2D eigenvalue weighted by Crippen LogP contribution is -2.24. The molecule has 0 aromatic heterocycles. The number of anilines is 1. The molecule has 4 nitrogen and oxygen atoms in total. The van der Waals surface area contributed by atoms with Gasteiger partial charge in [-0.15, -0.1) is 0 Å². The maximum Gasteiger partial charge on any atom is 0.391 e. The quantitative estimate of drug-likeness (QED) is 0.649. The molecule has 0 saturated heterocycles. The number of nitro groups is 1. The normalized spacial score (nSPS) is 13.2. The molecule has 1 aromatic carbocycles. The molecule has 0 aliphatic rings. The number of nitro benzene ring substituents is 1. The predicted molar refractivity (Wildman–Crippen MR) is 66.9 cm³/mol. The molecule has 0 amide bonds. The van der Waals surface area contributed by atoms with E-state index in [1.54, 1.807) is 0 Å². The molecule has 0 fully saturated rings. The predicted octanol–water partition coefficient (Wildman–Crippen LogP) is 4.65. The number of hydrogen-bond donors (Lipinski definition) is 1. The van der Waals surface area contributed by atoms with Gasteiger partial charge in [0.1, 0.15) is 0 Å². The summed E-state index contributed by atoms with van der Waals surface area (Å²) in [5.41, 5.74) is -0.283. The maximum atomic E-state index is 12.2. The van der Waals surface area contributed by atoms with Crippen LogP contribution in [0.25, 0.3) is 0 Å². The Kier molecular flexibility index (Phi) is 4.86.